The molecule has 3 nitrogen and oxygen atoms in total. The molecule has 0 spiro atoms. The summed E-state index contributed by atoms with van der Waals surface area (Å²) in [5.41, 5.74) is 0. The Balaban J connectivity index is 1.65. The summed E-state index contributed by atoms with van der Waals surface area (Å²) < 4.78 is 0. The molecular weight excluding hydrogens is 186 g/mol. The fraction of sp³-hybridized carbons (Fsp3) is 0.917. The molecule has 84 valence electrons. The Labute approximate surface area is 92.7 Å². The lowest BCUT2D eigenvalue weighted by molar-refractivity contribution is 0.103. The maximum absolute atomic E-state index is 8.46. The summed E-state index contributed by atoms with van der Waals surface area (Å²) in [6.45, 7) is 6.30. The van der Waals surface area contributed by atoms with Crippen LogP contribution in [0.4, 0.5) is 0 Å². The van der Waals surface area contributed by atoms with E-state index in [2.05, 4.69) is 15.9 Å². The van der Waals surface area contributed by atoms with Crippen LogP contribution in [0.2, 0.25) is 0 Å². The van der Waals surface area contributed by atoms with Crippen molar-refractivity contribution in [3.8, 4) is 6.07 Å². The normalized spacial score (nSPS) is 27.5. The van der Waals surface area contributed by atoms with Gasteiger partial charge in [-0.15, -0.1) is 0 Å². The molecular formula is C12H21N3. The summed E-state index contributed by atoms with van der Waals surface area (Å²) >= 11 is 0. The highest BCUT2D eigenvalue weighted by Gasteiger charge is 2.29. The van der Waals surface area contributed by atoms with Gasteiger partial charge in [0.25, 0.3) is 0 Å². The number of piperazine rings is 1. The van der Waals surface area contributed by atoms with E-state index < -0.39 is 0 Å². The second kappa shape index (κ2) is 5.48. The van der Waals surface area contributed by atoms with Crippen LogP contribution in [-0.4, -0.2) is 48.6 Å². The number of hydrogen-bond donors (Lipinski definition) is 0. The fourth-order valence-electron chi connectivity index (χ4n) is 2.80. The van der Waals surface area contributed by atoms with E-state index in [1.165, 1.54) is 52.0 Å². The van der Waals surface area contributed by atoms with Gasteiger partial charge in [0.15, 0.2) is 0 Å². The molecule has 0 N–H and O–H groups in total. The highest BCUT2D eigenvalue weighted by atomic mass is 15.3. The van der Waals surface area contributed by atoms with Gasteiger partial charge in [-0.25, -0.2) is 0 Å². The van der Waals surface area contributed by atoms with Gasteiger partial charge in [-0.1, -0.05) is 0 Å². The lowest BCUT2D eigenvalue weighted by atomic mass is 10.1. The molecule has 0 aromatic carbocycles. The van der Waals surface area contributed by atoms with Crippen LogP contribution in [0.15, 0.2) is 0 Å². The van der Waals surface area contributed by atoms with Crippen molar-refractivity contribution in [2.24, 2.45) is 0 Å². The van der Waals surface area contributed by atoms with Crippen LogP contribution in [0.25, 0.3) is 0 Å². The molecule has 0 amide bonds. The standard InChI is InChI=1S/C12H21N3/c13-6-2-1-3-7-14-9-10-15-8-4-5-12(15)11-14/h12H,1-5,7-11H2. The smallest absolute Gasteiger partial charge is 0.0621 e. The predicted octanol–water partition coefficient (Wildman–Crippen LogP) is 1.46. The van der Waals surface area contributed by atoms with Crippen LogP contribution in [0.3, 0.4) is 0 Å². The first-order valence-corrected chi connectivity index (χ1v) is 6.23. The molecule has 2 rings (SSSR count). The van der Waals surface area contributed by atoms with Crippen molar-refractivity contribution >= 4 is 0 Å². The molecule has 0 bridgehead atoms. The van der Waals surface area contributed by atoms with E-state index in [4.69, 9.17) is 5.26 Å². The molecule has 15 heavy (non-hydrogen) atoms. The second-order valence-corrected chi connectivity index (χ2v) is 4.75. The monoisotopic (exact) mass is 207 g/mol. The van der Waals surface area contributed by atoms with E-state index in [0.29, 0.717) is 0 Å². The minimum Gasteiger partial charge on any atom is -0.301 e. The quantitative estimate of drug-likeness (QED) is 0.654. The minimum atomic E-state index is 0.726. The van der Waals surface area contributed by atoms with Gasteiger partial charge in [0.05, 0.1) is 6.07 Å². The summed E-state index contributed by atoms with van der Waals surface area (Å²) in [5, 5.41) is 8.46. The molecule has 1 atom stereocenters. The summed E-state index contributed by atoms with van der Waals surface area (Å²) in [5.74, 6) is 0. The van der Waals surface area contributed by atoms with Crippen molar-refractivity contribution in [2.75, 3.05) is 32.7 Å². The molecule has 2 heterocycles. The zero-order valence-corrected chi connectivity index (χ0v) is 9.49. The van der Waals surface area contributed by atoms with Crippen molar-refractivity contribution in [1.29, 1.82) is 5.26 Å². The molecule has 0 saturated carbocycles. The Morgan fingerprint density at radius 1 is 1.20 bits per heavy atom. The number of rotatable bonds is 4. The van der Waals surface area contributed by atoms with E-state index in [9.17, 15) is 0 Å². The average Bonchev–Trinajstić information content (AvgIpc) is 2.71. The van der Waals surface area contributed by atoms with Gasteiger partial charge in [0.1, 0.15) is 0 Å². The van der Waals surface area contributed by atoms with E-state index in [1.807, 2.05) is 0 Å². The number of hydrogen-bond acceptors (Lipinski definition) is 3. The van der Waals surface area contributed by atoms with Crippen LogP contribution >= 0.6 is 0 Å². The van der Waals surface area contributed by atoms with Crippen LogP contribution in [0, 0.1) is 11.3 Å². The Hall–Kier alpha value is -0.590. The molecule has 0 radical (unpaired) electrons. The molecule has 2 aliphatic rings. The number of fused-ring (bicyclic) bond motifs is 1. The van der Waals surface area contributed by atoms with Gasteiger partial charge < -0.3 is 4.90 Å². The summed E-state index contributed by atoms with van der Waals surface area (Å²) in [7, 11) is 0. The maximum atomic E-state index is 8.46. The van der Waals surface area contributed by atoms with E-state index in [0.717, 1.165) is 18.9 Å². The molecule has 0 aromatic rings. The van der Waals surface area contributed by atoms with Gasteiger partial charge >= 0.3 is 0 Å². The first-order chi connectivity index (χ1) is 7.40. The second-order valence-electron chi connectivity index (χ2n) is 4.75. The topological polar surface area (TPSA) is 30.3 Å². The van der Waals surface area contributed by atoms with Crippen molar-refractivity contribution in [1.82, 2.24) is 9.80 Å². The third-order valence-electron chi connectivity index (χ3n) is 3.68. The minimum absolute atomic E-state index is 0.726. The van der Waals surface area contributed by atoms with Crippen LogP contribution in [0.1, 0.15) is 32.1 Å². The van der Waals surface area contributed by atoms with E-state index in [1.54, 1.807) is 0 Å². The lowest BCUT2D eigenvalue weighted by Crippen LogP contribution is -2.50. The van der Waals surface area contributed by atoms with Gasteiger partial charge in [-0.2, -0.15) is 5.26 Å². The van der Waals surface area contributed by atoms with Crippen LogP contribution in [0.5, 0.6) is 0 Å². The summed E-state index contributed by atoms with van der Waals surface area (Å²) in [6.07, 6.45) is 5.78. The van der Waals surface area contributed by atoms with Gasteiger partial charge in [0, 0.05) is 32.1 Å². The molecule has 1 unspecified atom stereocenters. The van der Waals surface area contributed by atoms with Crippen LogP contribution < -0.4 is 0 Å². The lowest BCUT2D eigenvalue weighted by Gasteiger charge is -2.37. The average molecular weight is 207 g/mol. The molecule has 0 aromatic heterocycles. The molecule has 2 aliphatic heterocycles. The molecule has 2 fully saturated rings. The van der Waals surface area contributed by atoms with Gasteiger partial charge in [-0.05, 0) is 38.8 Å². The largest absolute Gasteiger partial charge is 0.301 e. The highest BCUT2D eigenvalue weighted by molar-refractivity contribution is 4.86. The van der Waals surface area contributed by atoms with Crippen LogP contribution in [-0.2, 0) is 0 Å². The number of nitriles is 1. The van der Waals surface area contributed by atoms with Crippen molar-refractivity contribution in [3.05, 3.63) is 0 Å². The van der Waals surface area contributed by atoms with E-state index in [-0.39, 0.29) is 0 Å². The Bertz CT molecular complexity index is 234. The van der Waals surface area contributed by atoms with Crippen molar-refractivity contribution in [2.45, 2.75) is 38.1 Å². The molecule has 0 aliphatic carbocycles. The van der Waals surface area contributed by atoms with Gasteiger partial charge in [-0.3, -0.25) is 4.90 Å². The zero-order valence-electron chi connectivity index (χ0n) is 9.49. The first-order valence-electron chi connectivity index (χ1n) is 6.23. The maximum Gasteiger partial charge on any atom is 0.0621 e. The molecule has 3 heteroatoms. The number of unbranched alkanes of at least 4 members (excludes halogenated alkanes) is 2. The fourth-order valence-corrected chi connectivity index (χ4v) is 2.80. The zero-order chi connectivity index (χ0) is 10.5. The third kappa shape index (κ3) is 2.93. The van der Waals surface area contributed by atoms with Crippen molar-refractivity contribution in [3.63, 3.8) is 0 Å². The van der Waals surface area contributed by atoms with Gasteiger partial charge in [0.2, 0.25) is 0 Å². The third-order valence-corrected chi connectivity index (χ3v) is 3.68. The first kappa shape index (κ1) is 10.9. The number of nitrogens with zero attached hydrogens (tertiary/aromatic N) is 3. The predicted molar refractivity (Wildman–Crippen MR) is 60.5 cm³/mol. The summed E-state index contributed by atoms with van der Waals surface area (Å²) in [4.78, 5) is 5.23. The Morgan fingerprint density at radius 3 is 3.00 bits per heavy atom. The highest BCUT2D eigenvalue weighted by Crippen LogP contribution is 2.21. The molecule has 2 saturated heterocycles. The Kier molecular flexibility index (Phi) is 3.99. The van der Waals surface area contributed by atoms with E-state index >= 15 is 0 Å². The Morgan fingerprint density at radius 2 is 2.13 bits per heavy atom. The summed E-state index contributed by atoms with van der Waals surface area (Å²) in [6, 6.07) is 3.06. The SMILES string of the molecule is N#CCCCCN1CCN2CCCC2C1. The van der Waals surface area contributed by atoms with Crippen molar-refractivity contribution < 1.29 is 0 Å².